The normalized spacial score (nSPS) is 13.0. The molecular formula is C31H26ClN3O4S3. The number of para-hydroxylation sites is 1. The largest absolute Gasteiger partial charge is 0.465 e. The highest BCUT2D eigenvalue weighted by Gasteiger charge is 2.27. The van der Waals surface area contributed by atoms with Gasteiger partial charge in [0.05, 0.1) is 29.5 Å². The van der Waals surface area contributed by atoms with Gasteiger partial charge in [-0.05, 0) is 61.1 Å². The maximum atomic E-state index is 14.0. The number of nitrogens with one attached hydrogen (secondary N) is 1. The third-order valence-electron chi connectivity index (χ3n) is 7.14. The molecule has 1 amide bonds. The first-order valence-corrected chi connectivity index (χ1v) is 16.5. The summed E-state index contributed by atoms with van der Waals surface area (Å²) in [4.78, 5) is 46.6. The lowest BCUT2D eigenvalue weighted by atomic mass is 10.1. The van der Waals surface area contributed by atoms with Gasteiger partial charge in [-0.1, -0.05) is 60.1 Å². The summed E-state index contributed by atoms with van der Waals surface area (Å²) in [6, 6.07) is 16.6. The summed E-state index contributed by atoms with van der Waals surface area (Å²) in [6.45, 7) is 0. The number of amides is 1. The quantitative estimate of drug-likeness (QED) is 0.0857. The van der Waals surface area contributed by atoms with Crippen molar-refractivity contribution in [3.63, 3.8) is 0 Å². The number of fused-ring (bicyclic) bond motifs is 2. The fourth-order valence-electron chi connectivity index (χ4n) is 5.16. The van der Waals surface area contributed by atoms with Crippen LogP contribution in [0.5, 0.6) is 0 Å². The van der Waals surface area contributed by atoms with Crippen molar-refractivity contribution in [1.82, 2.24) is 9.55 Å². The molecule has 0 aliphatic heterocycles. The number of benzene rings is 2. The molecule has 2 aromatic carbocycles. The van der Waals surface area contributed by atoms with Crippen molar-refractivity contribution in [1.29, 1.82) is 0 Å². The SMILES string of the molecule is COC(=O)c1c(NC(=O)CSc2nc3scc(-c4ccc(Cl)cc4)c3c(=O)n2-c2ccccc2)sc2c1CCCCC2. The van der Waals surface area contributed by atoms with E-state index in [0.717, 1.165) is 53.7 Å². The lowest BCUT2D eigenvalue weighted by molar-refractivity contribution is -0.113. The molecule has 11 heteroatoms. The molecule has 3 aromatic heterocycles. The lowest BCUT2D eigenvalue weighted by Crippen LogP contribution is -2.23. The molecule has 3 heterocycles. The highest BCUT2D eigenvalue weighted by molar-refractivity contribution is 7.99. The van der Waals surface area contributed by atoms with Gasteiger partial charge >= 0.3 is 5.97 Å². The summed E-state index contributed by atoms with van der Waals surface area (Å²) >= 11 is 10.1. The highest BCUT2D eigenvalue weighted by atomic mass is 35.5. The summed E-state index contributed by atoms with van der Waals surface area (Å²) in [5, 5.41) is 6.94. The molecule has 214 valence electrons. The van der Waals surface area contributed by atoms with Crippen molar-refractivity contribution < 1.29 is 14.3 Å². The van der Waals surface area contributed by atoms with Gasteiger partial charge in [-0.15, -0.1) is 22.7 Å². The van der Waals surface area contributed by atoms with Gasteiger partial charge in [-0.3, -0.25) is 14.2 Å². The van der Waals surface area contributed by atoms with E-state index in [1.165, 1.54) is 41.5 Å². The smallest absolute Gasteiger partial charge is 0.341 e. The highest BCUT2D eigenvalue weighted by Crippen LogP contribution is 2.38. The minimum absolute atomic E-state index is 0.00335. The van der Waals surface area contributed by atoms with E-state index in [9.17, 15) is 14.4 Å². The Morgan fingerprint density at radius 3 is 2.60 bits per heavy atom. The van der Waals surface area contributed by atoms with Crippen LogP contribution >= 0.6 is 46.0 Å². The Labute approximate surface area is 259 Å². The number of aryl methyl sites for hydroxylation is 1. The Morgan fingerprint density at radius 1 is 1.07 bits per heavy atom. The molecule has 0 fully saturated rings. The van der Waals surface area contributed by atoms with E-state index in [1.54, 1.807) is 16.7 Å². The van der Waals surface area contributed by atoms with Crippen LogP contribution in [0.1, 0.15) is 40.1 Å². The molecule has 1 aliphatic carbocycles. The number of aromatic nitrogens is 2. The Kier molecular flexibility index (Phi) is 8.48. The van der Waals surface area contributed by atoms with Crippen LogP contribution in [0.4, 0.5) is 5.00 Å². The van der Waals surface area contributed by atoms with Gasteiger partial charge in [0, 0.05) is 20.8 Å². The van der Waals surface area contributed by atoms with Crippen LogP contribution in [0.2, 0.25) is 5.02 Å². The van der Waals surface area contributed by atoms with E-state index in [-0.39, 0.29) is 17.2 Å². The fourth-order valence-corrected chi connectivity index (χ4v) is 8.38. The lowest BCUT2D eigenvalue weighted by Gasteiger charge is -2.13. The van der Waals surface area contributed by atoms with E-state index in [1.807, 2.05) is 47.8 Å². The zero-order chi connectivity index (χ0) is 29.2. The van der Waals surface area contributed by atoms with Crippen molar-refractivity contribution in [3.05, 3.63) is 91.4 Å². The van der Waals surface area contributed by atoms with Gasteiger partial charge in [-0.25, -0.2) is 9.78 Å². The Morgan fingerprint density at radius 2 is 1.83 bits per heavy atom. The summed E-state index contributed by atoms with van der Waals surface area (Å²) in [5.74, 6) is -0.719. The molecule has 0 spiro atoms. The van der Waals surface area contributed by atoms with Crippen LogP contribution in [0.15, 0.2) is 69.9 Å². The van der Waals surface area contributed by atoms with Gasteiger partial charge in [-0.2, -0.15) is 0 Å². The topological polar surface area (TPSA) is 90.3 Å². The molecule has 6 rings (SSSR count). The number of hydrogen-bond acceptors (Lipinski definition) is 8. The molecule has 0 bridgehead atoms. The number of ether oxygens (including phenoxy) is 1. The van der Waals surface area contributed by atoms with Gasteiger partial charge in [0.2, 0.25) is 5.91 Å². The minimum atomic E-state index is -0.434. The van der Waals surface area contributed by atoms with Crippen LogP contribution < -0.4 is 10.9 Å². The number of thiophene rings is 2. The standard InChI is InChI=1S/C31H26ClN3O4S3/c1-39-30(38)26-21-10-6-3-7-11-23(21)42-28(26)33-24(36)17-41-31-34-27-25(29(37)35(31)20-8-4-2-5-9-20)22(16-40-27)18-12-14-19(32)15-13-18/h2,4-5,8-9,12-16H,3,6-7,10-11,17H2,1H3,(H,33,36). The molecule has 1 N–H and O–H groups in total. The first-order chi connectivity index (χ1) is 20.4. The minimum Gasteiger partial charge on any atom is -0.465 e. The molecule has 42 heavy (non-hydrogen) atoms. The second-order valence-electron chi connectivity index (χ2n) is 9.80. The number of anilines is 1. The van der Waals surface area contributed by atoms with Crippen LogP contribution in [0, 0.1) is 0 Å². The van der Waals surface area contributed by atoms with E-state index in [4.69, 9.17) is 21.3 Å². The van der Waals surface area contributed by atoms with Crippen molar-refractivity contribution in [2.75, 3.05) is 18.2 Å². The predicted octanol–water partition coefficient (Wildman–Crippen LogP) is 7.62. The summed E-state index contributed by atoms with van der Waals surface area (Å²) < 4.78 is 6.62. The second-order valence-corrected chi connectivity index (χ2v) is 13.1. The van der Waals surface area contributed by atoms with Gasteiger partial charge in [0.1, 0.15) is 9.83 Å². The summed E-state index contributed by atoms with van der Waals surface area (Å²) in [5.41, 5.74) is 3.56. The number of halogens is 1. The number of methoxy groups -OCH3 is 1. The van der Waals surface area contributed by atoms with Crippen molar-refractivity contribution in [3.8, 4) is 16.8 Å². The molecule has 0 unspecified atom stereocenters. The maximum absolute atomic E-state index is 14.0. The van der Waals surface area contributed by atoms with Gasteiger partial charge < -0.3 is 10.1 Å². The fraction of sp³-hybridized carbons (Fsp3) is 0.226. The van der Waals surface area contributed by atoms with E-state index < -0.39 is 5.97 Å². The third kappa shape index (κ3) is 5.64. The zero-order valence-electron chi connectivity index (χ0n) is 22.6. The number of rotatable bonds is 7. The Hall–Kier alpha value is -3.44. The van der Waals surface area contributed by atoms with Crippen molar-refractivity contribution >= 4 is 73.1 Å². The molecule has 0 radical (unpaired) electrons. The maximum Gasteiger partial charge on any atom is 0.341 e. The van der Waals surface area contributed by atoms with Crippen LogP contribution in [-0.2, 0) is 22.4 Å². The number of carbonyl (C=O) groups excluding carboxylic acids is 2. The molecular weight excluding hydrogens is 610 g/mol. The Bertz CT molecular complexity index is 1850. The third-order valence-corrected chi connectivity index (χ3v) is 10.4. The first-order valence-electron chi connectivity index (χ1n) is 13.5. The second kappa shape index (κ2) is 12.4. The van der Waals surface area contributed by atoms with E-state index >= 15 is 0 Å². The molecule has 1 aliphatic rings. The first kappa shape index (κ1) is 28.7. The van der Waals surface area contributed by atoms with Crippen LogP contribution in [0.25, 0.3) is 27.0 Å². The summed E-state index contributed by atoms with van der Waals surface area (Å²) in [7, 11) is 1.36. The van der Waals surface area contributed by atoms with Crippen molar-refractivity contribution in [2.45, 2.75) is 37.3 Å². The molecule has 0 atom stereocenters. The van der Waals surface area contributed by atoms with Crippen LogP contribution in [0.3, 0.4) is 0 Å². The summed E-state index contributed by atoms with van der Waals surface area (Å²) in [6.07, 6.45) is 4.87. The number of thioether (sulfide) groups is 1. The molecule has 0 saturated carbocycles. The van der Waals surface area contributed by atoms with Gasteiger partial charge in [0.25, 0.3) is 5.56 Å². The number of carbonyl (C=O) groups is 2. The molecule has 5 aromatic rings. The predicted molar refractivity (Wildman–Crippen MR) is 172 cm³/mol. The van der Waals surface area contributed by atoms with E-state index in [2.05, 4.69) is 5.32 Å². The average molecular weight is 636 g/mol. The number of nitrogens with zero attached hydrogens (tertiary/aromatic N) is 2. The monoisotopic (exact) mass is 635 g/mol. The van der Waals surface area contributed by atoms with Gasteiger partial charge in [0.15, 0.2) is 5.16 Å². The van der Waals surface area contributed by atoms with Crippen molar-refractivity contribution in [2.24, 2.45) is 0 Å². The zero-order valence-corrected chi connectivity index (χ0v) is 25.9. The van der Waals surface area contributed by atoms with Crippen LogP contribution in [-0.4, -0.2) is 34.3 Å². The van der Waals surface area contributed by atoms with E-state index in [0.29, 0.717) is 36.6 Å². The number of esters is 1. The molecule has 0 saturated heterocycles. The number of hydrogen-bond donors (Lipinski definition) is 1. The average Bonchev–Trinajstić information content (AvgIpc) is 3.50. The molecule has 7 nitrogen and oxygen atoms in total. The Balaban J connectivity index is 1.33.